The van der Waals surface area contributed by atoms with Crippen LogP contribution >= 0.6 is 0 Å². The van der Waals surface area contributed by atoms with Gasteiger partial charge in [0.05, 0.1) is 6.54 Å². The Morgan fingerprint density at radius 3 is 2.45 bits per heavy atom. The molecule has 3 heterocycles. The van der Waals surface area contributed by atoms with Gasteiger partial charge < -0.3 is 4.74 Å². The summed E-state index contributed by atoms with van der Waals surface area (Å²) in [5.41, 5.74) is 2.52. The number of benzene rings is 1. The number of ether oxygens (including phenoxy) is 1. The van der Waals surface area contributed by atoms with Crippen LogP contribution in [-0.4, -0.2) is 25.5 Å². The Balaban J connectivity index is 1.58. The lowest BCUT2D eigenvalue weighted by atomic mass is 10.1. The minimum atomic E-state index is -4.74. The van der Waals surface area contributed by atoms with Crippen LogP contribution in [0.3, 0.4) is 0 Å². The number of aromatic nitrogens is 4. The highest BCUT2D eigenvalue weighted by molar-refractivity contribution is 5.65. The summed E-state index contributed by atoms with van der Waals surface area (Å²) in [4.78, 5) is 16.7. The molecule has 0 bridgehead atoms. The third kappa shape index (κ3) is 4.29. The van der Waals surface area contributed by atoms with E-state index in [1.807, 2.05) is 12.1 Å². The fraction of sp³-hybridized carbons (Fsp3) is 0.150. The van der Waals surface area contributed by atoms with Gasteiger partial charge in [0, 0.05) is 18.6 Å². The highest BCUT2D eigenvalue weighted by atomic mass is 19.4. The molecule has 0 aliphatic heterocycles. The van der Waals surface area contributed by atoms with Gasteiger partial charge in [0.2, 0.25) is 0 Å². The van der Waals surface area contributed by atoms with Gasteiger partial charge in [-0.15, -0.1) is 18.3 Å². The second-order valence-corrected chi connectivity index (χ2v) is 6.34. The molecule has 0 amide bonds. The maximum absolute atomic E-state index is 12.6. The van der Waals surface area contributed by atoms with Crippen molar-refractivity contribution < 1.29 is 17.9 Å². The summed E-state index contributed by atoms with van der Waals surface area (Å²) < 4.78 is 43.5. The van der Waals surface area contributed by atoms with Crippen LogP contribution in [0.5, 0.6) is 5.75 Å². The molecule has 4 aromatic rings. The van der Waals surface area contributed by atoms with Crippen molar-refractivity contribution in [2.45, 2.75) is 19.3 Å². The second-order valence-electron chi connectivity index (χ2n) is 6.34. The first-order chi connectivity index (χ1) is 13.9. The largest absolute Gasteiger partial charge is 0.573 e. The van der Waals surface area contributed by atoms with Crippen molar-refractivity contribution in [2.75, 3.05) is 0 Å². The Bertz CT molecular complexity index is 1180. The Morgan fingerprint density at radius 2 is 1.76 bits per heavy atom. The van der Waals surface area contributed by atoms with E-state index in [0.29, 0.717) is 29.7 Å². The first-order valence-corrected chi connectivity index (χ1v) is 8.73. The molecule has 4 rings (SSSR count). The van der Waals surface area contributed by atoms with Crippen molar-refractivity contribution in [1.82, 2.24) is 19.2 Å². The van der Waals surface area contributed by atoms with Gasteiger partial charge in [-0.3, -0.25) is 4.98 Å². The molecule has 29 heavy (non-hydrogen) atoms. The first kappa shape index (κ1) is 18.7. The van der Waals surface area contributed by atoms with Crippen molar-refractivity contribution in [2.24, 2.45) is 0 Å². The number of fused-ring (bicyclic) bond motifs is 1. The van der Waals surface area contributed by atoms with Gasteiger partial charge in [-0.2, -0.15) is 0 Å². The number of nitrogens with zero attached hydrogens (tertiary/aromatic N) is 4. The van der Waals surface area contributed by atoms with Crippen LogP contribution in [0.15, 0.2) is 71.9 Å². The smallest absolute Gasteiger partial charge is 0.406 e. The molecular formula is C20H15F3N4O2. The maximum Gasteiger partial charge on any atom is 0.573 e. The van der Waals surface area contributed by atoms with Crippen LogP contribution in [0, 0.1) is 0 Å². The number of alkyl halides is 3. The normalized spacial score (nSPS) is 11.7. The van der Waals surface area contributed by atoms with Crippen molar-refractivity contribution >= 4 is 5.65 Å². The average Bonchev–Trinajstić information content (AvgIpc) is 3.02. The molecule has 0 atom stereocenters. The van der Waals surface area contributed by atoms with Crippen LogP contribution in [0.2, 0.25) is 0 Å². The van der Waals surface area contributed by atoms with Crippen LogP contribution in [0.25, 0.3) is 16.8 Å². The molecule has 9 heteroatoms. The van der Waals surface area contributed by atoms with Gasteiger partial charge in [-0.25, -0.2) is 13.9 Å². The molecule has 0 N–H and O–H groups in total. The van der Waals surface area contributed by atoms with Crippen LogP contribution in [0.1, 0.15) is 5.56 Å². The zero-order valence-corrected chi connectivity index (χ0v) is 15.0. The predicted molar refractivity (Wildman–Crippen MR) is 99.5 cm³/mol. The lowest BCUT2D eigenvalue weighted by Gasteiger charge is -2.09. The molecule has 0 saturated heterocycles. The van der Waals surface area contributed by atoms with Gasteiger partial charge in [0.25, 0.3) is 0 Å². The van der Waals surface area contributed by atoms with E-state index in [9.17, 15) is 18.0 Å². The highest BCUT2D eigenvalue weighted by Gasteiger charge is 2.30. The first-order valence-electron chi connectivity index (χ1n) is 8.73. The molecule has 148 valence electrons. The summed E-state index contributed by atoms with van der Waals surface area (Å²) in [5.74, 6) is -0.303. The maximum atomic E-state index is 12.6. The highest BCUT2D eigenvalue weighted by Crippen LogP contribution is 2.26. The molecule has 0 aliphatic rings. The Kier molecular flexibility index (Phi) is 4.79. The predicted octanol–water partition coefficient (Wildman–Crippen LogP) is 3.70. The van der Waals surface area contributed by atoms with Gasteiger partial charge in [0.15, 0.2) is 5.65 Å². The lowest BCUT2D eigenvalue weighted by Crippen LogP contribution is -2.22. The molecule has 0 radical (unpaired) electrons. The molecule has 0 aliphatic carbocycles. The van der Waals surface area contributed by atoms with E-state index in [1.165, 1.54) is 33.3 Å². The quantitative estimate of drug-likeness (QED) is 0.513. The fourth-order valence-electron chi connectivity index (χ4n) is 2.96. The van der Waals surface area contributed by atoms with Gasteiger partial charge >= 0.3 is 12.1 Å². The summed E-state index contributed by atoms with van der Waals surface area (Å²) in [5, 5.41) is 4.32. The van der Waals surface area contributed by atoms with Gasteiger partial charge in [-0.05, 0) is 53.4 Å². The number of rotatable bonds is 5. The minimum absolute atomic E-state index is 0.289. The lowest BCUT2D eigenvalue weighted by molar-refractivity contribution is -0.274. The molecule has 0 unspecified atom stereocenters. The number of halogens is 3. The standard InChI is InChI=1S/C20H15F3N4O2/c21-20(22,23)29-17-6-3-15(4-7-17)16-5-8-18-25-27(19(28)26(18)13-16)11-9-14-2-1-10-24-12-14/h1-8,10,12-13H,9,11H2. The summed E-state index contributed by atoms with van der Waals surface area (Å²) in [6, 6.07) is 12.7. The molecule has 6 nitrogen and oxygen atoms in total. The number of aryl methyl sites for hydroxylation is 2. The van der Waals surface area contributed by atoms with Crippen LogP contribution in [0.4, 0.5) is 13.2 Å². The zero-order valence-electron chi connectivity index (χ0n) is 15.0. The van der Waals surface area contributed by atoms with Crippen molar-refractivity contribution in [3.8, 4) is 16.9 Å². The minimum Gasteiger partial charge on any atom is -0.406 e. The number of hydrogen-bond donors (Lipinski definition) is 0. The van der Waals surface area contributed by atoms with E-state index >= 15 is 0 Å². The fourth-order valence-corrected chi connectivity index (χ4v) is 2.96. The van der Waals surface area contributed by atoms with Gasteiger partial charge in [0.1, 0.15) is 5.75 Å². The van der Waals surface area contributed by atoms with Crippen LogP contribution < -0.4 is 10.4 Å². The monoisotopic (exact) mass is 400 g/mol. The number of pyridine rings is 2. The molecule has 0 spiro atoms. The van der Waals surface area contributed by atoms with Crippen molar-refractivity contribution in [3.63, 3.8) is 0 Å². The molecule has 1 aromatic carbocycles. The summed E-state index contributed by atoms with van der Waals surface area (Å²) in [6.07, 6.45) is 0.920. The van der Waals surface area contributed by atoms with E-state index in [4.69, 9.17) is 0 Å². The van der Waals surface area contributed by atoms with E-state index in [2.05, 4.69) is 14.8 Å². The van der Waals surface area contributed by atoms with E-state index in [-0.39, 0.29) is 11.4 Å². The summed E-state index contributed by atoms with van der Waals surface area (Å²) in [6.45, 7) is 0.408. The van der Waals surface area contributed by atoms with Crippen molar-refractivity contribution in [1.29, 1.82) is 0 Å². The molecule has 3 aromatic heterocycles. The van der Waals surface area contributed by atoms with Gasteiger partial charge in [-0.1, -0.05) is 18.2 Å². The Morgan fingerprint density at radius 1 is 1.00 bits per heavy atom. The molecule has 0 fully saturated rings. The van der Waals surface area contributed by atoms with E-state index in [1.54, 1.807) is 30.7 Å². The molecular weight excluding hydrogens is 385 g/mol. The molecule has 0 saturated carbocycles. The van der Waals surface area contributed by atoms with Crippen molar-refractivity contribution in [3.05, 3.63) is 83.2 Å². The Labute approximate surface area is 162 Å². The van der Waals surface area contributed by atoms with E-state index in [0.717, 1.165) is 5.56 Å². The average molecular weight is 400 g/mol. The third-order valence-corrected chi connectivity index (χ3v) is 4.33. The third-order valence-electron chi connectivity index (χ3n) is 4.33. The zero-order chi connectivity index (χ0) is 20.4. The number of hydrogen-bond acceptors (Lipinski definition) is 4. The Hall–Kier alpha value is -3.62. The topological polar surface area (TPSA) is 61.4 Å². The van der Waals surface area contributed by atoms with E-state index < -0.39 is 6.36 Å². The van der Waals surface area contributed by atoms with Crippen LogP contribution in [-0.2, 0) is 13.0 Å². The SMILES string of the molecule is O=c1n(CCc2cccnc2)nc2ccc(-c3ccc(OC(F)(F)F)cc3)cn12. The second kappa shape index (κ2) is 7.42. The summed E-state index contributed by atoms with van der Waals surface area (Å²) >= 11 is 0. The summed E-state index contributed by atoms with van der Waals surface area (Å²) in [7, 11) is 0.